The largest absolute Gasteiger partial charge is 0.481 e. The van der Waals surface area contributed by atoms with Gasteiger partial charge >= 0.3 is 12.0 Å². The van der Waals surface area contributed by atoms with Gasteiger partial charge in [-0.2, -0.15) is 0 Å². The first-order chi connectivity index (χ1) is 9.16. The molecule has 2 amide bonds. The van der Waals surface area contributed by atoms with E-state index in [-0.39, 0.29) is 6.03 Å². The van der Waals surface area contributed by atoms with Gasteiger partial charge in [-0.1, -0.05) is 0 Å². The van der Waals surface area contributed by atoms with Crippen LogP contribution in [0.2, 0.25) is 0 Å². The van der Waals surface area contributed by atoms with Crippen LogP contribution in [-0.4, -0.2) is 54.9 Å². The minimum absolute atomic E-state index is 0.134. The molecule has 0 aromatic heterocycles. The standard InChI is InChI=1S/C13H22N2O4/c16-12(17)11-2-1-6-15(8-11)13(18)14-5-3-10-4-7-19-9-10/h10-11H,1-9H2,(H,14,18)(H,16,17)/t10?,11-/m0/s1. The van der Waals surface area contributed by atoms with Crippen LogP contribution in [0.3, 0.4) is 0 Å². The normalized spacial score (nSPS) is 27.3. The third kappa shape index (κ3) is 4.09. The van der Waals surface area contributed by atoms with Crippen molar-refractivity contribution < 1.29 is 19.4 Å². The number of carbonyl (C=O) groups excluding carboxylic acids is 1. The zero-order valence-electron chi connectivity index (χ0n) is 11.1. The maximum absolute atomic E-state index is 11.9. The van der Waals surface area contributed by atoms with E-state index >= 15 is 0 Å². The summed E-state index contributed by atoms with van der Waals surface area (Å²) in [6.07, 6.45) is 3.43. The molecule has 2 atom stereocenters. The van der Waals surface area contributed by atoms with Gasteiger partial charge in [0.15, 0.2) is 0 Å². The molecule has 0 aromatic carbocycles. The summed E-state index contributed by atoms with van der Waals surface area (Å²) in [5.74, 6) is -0.670. The second-order valence-corrected chi connectivity index (χ2v) is 5.37. The summed E-state index contributed by atoms with van der Waals surface area (Å²) >= 11 is 0. The molecule has 6 nitrogen and oxygen atoms in total. The fourth-order valence-electron chi connectivity index (χ4n) is 2.67. The number of carboxylic acids is 1. The number of urea groups is 1. The predicted octanol–water partition coefficient (Wildman–Crippen LogP) is 0.919. The van der Waals surface area contributed by atoms with Crippen molar-refractivity contribution in [3.63, 3.8) is 0 Å². The SMILES string of the molecule is O=C(O)[C@H]1CCCN(C(=O)NCCC2CCOC2)C1. The summed E-state index contributed by atoms with van der Waals surface area (Å²) in [5, 5.41) is 11.9. The summed E-state index contributed by atoms with van der Waals surface area (Å²) in [6.45, 7) is 3.24. The van der Waals surface area contributed by atoms with E-state index in [1.807, 2.05) is 0 Å². The first-order valence-electron chi connectivity index (χ1n) is 7.00. The molecule has 19 heavy (non-hydrogen) atoms. The van der Waals surface area contributed by atoms with Gasteiger partial charge in [-0.25, -0.2) is 4.79 Å². The molecule has 2 saturated heterocycles. The van der Waals surface area contributed by atoms with Gasteiger partial charge in [0.2, 0.25) is 0 Å². The van der Waals surface area contributed by atoms with E-state index in [0.29, 0.717) is 32.0 Å². The van der Waals surface area contributed by atoms with Crippen molar-refractivity contribution in [1.82, 2.24) is 10.2 Å². The highest BCUT2D eigenvalue weighted by Crippen LogP contribution is 2.17. The molecule has 0 aromatic rings. The van der Waals surface area contributed by atoms with Crippen LogP contribution in [0.5, 0.6) is 0 Å². The van der Waals surface area contributed by atoms with Crippen molar-refractivity contribution in [1.29, 1.82) is 0 Å². The van der Waals surface area contributed by atoms with Crippen LogP contribution in [0, 0.1) is 11.8 Å². The Bertz CT molecular complexity index is 329. The Balaban J connectivity index is 1.68. The molecule has 2 N–H and O–H groups in total. The number of carbonyl (C=O) groups is 2. The highest BCUT2D eigenvalue weighted by atomic mass is 16.5. The first kappa shape index (κ1) is 14.1. The lowest BCUT2D eigenvalue weighted by atomic mass is 9.99. The van der Waals surface area contributed by atoms with Gasteiger partial charge in [-0.3, -0.25) is 4.79 Å². The van der Waals surface area contributed by atoms with E-state index in [2.05, 4.69) is 5.32 Å². The Morgan fingerprint density at radius 2 is 2.21 bits per heavy atom. The number of hydrogen-bond donors (Lipinski definition) is 2. The highest BCUT2D eigenvalue weighted by Gasteiger charge is 2.28. The quantitative estimate of drug-likeness (QED) is 0.796. The summed E-state index contributed by atoms with van der Waals surface area (Å²) in [6, 6.07) is -0.134. The average molecular weight is 270 g/mol. The lowest BCUT2D eigenvalue weighted by Gasteiger charge is -2.30. The van der Waals surface area contributed by atoms with Crippen LogP contribution in [0.25, 0.3) is 0 Å². The zero-order chi connectivity index (χ0) is 13.7. The topological polar surface area (TPSA) is 78.9 Å². The smallest absolute Gasteiger partial charge is 0.317 e. The molecule has 0 bridgehead atoms. The molecule has 0 radical (unpaired) electrons. The van der Waals surface area contributed by atoms with Crippen molar-refractivity contribution in [2.45, 2.75) is 25.7 Å². The zero-order valence-corrected chi connectivity index (χ0v) is 11.1. The monoisotopic (exact) mass is 270 g/mol. The Kier molecular flexibility index (Phi) is 5.01. The Morgan fingerprint density at radius 1 is 1.37 bits per heavy atom. The molecule has 2 heterocycles. The second kappa shape index (κ2) is 6.75. The minimum atomic E-state index is -0.805. The molecule has 2 fully saturated rings. The number of amides is 2. The Labute approximate surface area is 113 Å². The van der Waals surface area contributed by atoms with Gasteiger partial charge in [-0.05, 0) is 31.6 Å². The molecule has 2 aliphatic heterocycles. The molecule has 0 spiro atoms. The molecule has 2 aliphatic rings. The van der Waals surface area contributed by atoms with E-state index in [4.69, 9.17) is 9.84 Å². The average Bonchev–Trinajstić information content (AvgIpc) is 2.92. The predicted molar refractivity (Wildman–Crippen MR) is 68.9 cm³/mol. The van der Waals surface area contributed by atoms with Crippen LogP contribution in [0.1, 0.15) is 25.7 Å². The number of ether oxygens (including phenoxy) is 1. The number of piperidine rings is 1. The van der Waals surface area contributed by atoms with E-state index in [1.165, 1.54) is 0 Å². The van der Waals surface area contributed by atoms with Gasteiger partial charge in [0, 0.05) is 32.8 Å². The van der Waals surface area contributed by atoms with Gasteiger partial charge in [-0.15, -0.1) is 0 Å². The maximum atomic E-state index is 11.9. The van der Waals surface area contributed by atoms with Crippen LogP contribution in [-0.2, 0) is 9.53 Å². The second-order valence-electron chi connectivity index (χ2n) is 5.37. The molecular formula is C13H22N2O4. The highest BCUT2D eigenvalue weighted by molar-refractivity contribution is 5.76. The van der Waals surface area contributed by atoms with Gasteiger partial charge in [0.25, 0.3) is 0 Å². The third-order valence-corrected chi connectivity index (χ3v) is 3.91. The van der Waals surface area contributed by atoms with Crippen molar-refractivity contribution in [2.75, 3.05) is 32.8 Å². The fourth-order valence-corrected chi connectivity index (χ4v) is 2.67. The third-order valence-electron chi connectivity index (χ3n) is 3.91. The maximum Gasteiger partial charge on any atom is 0.317 e. The molecule has 2 rings (SSSR count). The Hall–Kier alpha value is -1.30. The van der Waals surface area contributed by atoms with Gasteiger partial charge in [0.05, 0.1) is 5.92 Å². The lowest BCUT2D eigenvalue weighted by molar-refractivity contribution is -0.143. The van der Waals surface area contributed by atoms with Gasteiger partial charge < -0.3 is 20.1 Å². The number of carboxylic acid groups (broad SMARTS) is 1. The molecule has 0 saturated carbocycles. The molecular weight excluding hydrogens is 248 g/mol. The summed E-state index contributed by atoms with van der Waals surface area (Å²) in [4.78, 5) is 24.5. The van der Waals surface area contributed by atoms with Crippen LogP contribution in [0.15, 0.2) is 0 Å². The van der Waals surface area contributed by atoms with Crippen LogP contribution >= 0.6 is 0 Å². The molecule has 6 heteroatoms. The molecule has 1 unspecified atom stereocenters. The number of likely N-dealkylation sites (tertiary alicyclic amines) is 1. The number of hydrogen-bond acceptors (Lipinski definition) is 3. The lowest BCUT2D eigenvalue weighted by Crippen LogP contribution is -2.47. The molecule has 108 valence electrons. The minimum Gasteiger partial charge on any atom is -0.481 e. The van der Waals surface area contributed by atoms with Crippen LogP contribution < -0.4 is 5.32 Å². The number of rotatable bonds is 4. The van der Waals surface area contributed by atoms with E-state index < -0.39 is 11.9 Å². The van der Waals surface area contributed by atoms with Crippen molar-refractivity contribution in [3.8, 4) is 0 Å². The van der Waals surface area contributed by atoms with Crippen molar-refractivity contribution in [3.05, 3.63) is 0 Å². The van der Waals surface area contributed by atoms with Crippen LogP contribution in [0.4, 0.5) is 4.79 Å². The van der Waals surface area contributed by atoms with E-state index in [0.717, 1.165) is 32.5 Å². The van der Waals surface area contributed by atoms with Gasteiger partial charge in [0.1, 0.15) is 0 Å². The first-order valence-corrected chi connectivity index (χ1v) is 7.00. The number of aliphatic carboxylic acids is 1. The van der Waals surface area contributed by atoms with E-state index in [1.54, 1.807) is 4.90 Å². The fraction of sp³-hybridized carbons (Fsp3) is 0.846. The van der Waals surface area contributed by atoms with E-state index in [9.17, 15) is 9.59 Å². The summed E-state index contributed by atoms with van der Waals surface area (Å²) in [5.41, 5.74) is 0. The van der Waals surface area contributed by atoms with Crippen molar-refractivity contribution >= 4 is 12.0 Å². The number of nitrogens with zero attached hydrogens (tertiary/aromatic N) is 1. The number of nitrogens with one attached hydrogen (secondary N) is 1. The Morgan fingerprint density at radius 3 is 2.89 bits per heavy atom. The molecule has 0 aliphatic carbocycles. The summed E-state index contributed by atoms with van der Waals surface area (Å²) < 4.78 is 5.28. The summed E-state index contributed by atoms with van der Waals surface area (Å²) in [7, 11) is 0. The van der Waals surface area contributed by atoms with Crippen molar-refractivity contribution in [2.24, 2.45) is 11.8 Å².